The Hall–Kier alpha value is -2.29. The van der Waals surface area contributed by atoms with E-state index in [1.54, 1.807) is 0 Å². The number of nitrogens with zero attached hydrogens (tertiary/aromatic N) is 1. The van der Waals surface area contributed by atoms with Crippen LogP contribution in [0.25, 0.3) is 10.9 Å². The molecule has 0 bridgehead atoms. The minimum Gasteiger partial charge on any atom is -0.380 e. The molecule has 3 aromatic rings. The number of benzene rings is 2. The van der Waals surface area contributed by atoms with E-state index < -0.39 is 0 Å². The molecule has 0 fully saturated rings. The Balaban J connectivity index is 1.84. The number of hydrogen-bond acceptors (Lipinski definition) is 2. The fourth-order valence-electron chi connectivity index (χ4n) is 2.39. The summed E-state index contributed by atoms with van der Waals surface area (Å²) in [7, 11) is 0. The van der Waals surface area contributed by atoms with Gasteiger partial charge < -0.3 is 5.32 Å². The molecular weight excluding hydrogens is 234 g/mol. The highest BCUT2D eigenvalue weighted by atomic mass is 15.1. The largest absolute Gasteiger partial charge is 0.380 e. The molecule has 2 aromatic carbocycles. The molecule has 0 amide bonds. The highest BCUT2D eigenvalue weighted by molar-refractivity contribution is 5.90. The number of nitrogens with one attached hydrogen (secondary N) is 2. The Bertz CT molecular complexity index is 685. The number of rotatable bonds is 4. The van der Waals surface area contributed by atoms with Crippen molar-refractivity contribution >= 4 is 16.6 Å². The van der Waals surface area contributed by atoms with E-state index >= 15 is 0 Å². The molecular formula is C16H17N3. The quantitative estimate of drug-likeness (QED) is 0.741. The molecule has 0 saturated carbocycles. The summed E-state index contributed by atoms with van der Waals surface area (Å²) >= 11 is 0. The van der Waals surface area contributed by atoms with Crippen molar-refractivity contribution in [1.82, 2.24) is 10.2 Å². The van der Waals surface area contributed by atoms with Crippen LogP contribution in [0.3, 0.4) is 0 Å². The van der Waals surface area contributed by atoms with Crippen molar-refractivity contribution in [3.8, 4) is 0 Å². The van der Waals surface area contributed by atoms with Crippen molar-refractivity contribution in [2.45, 2.75) is 19.9 Å². The summed E-state index contributed by atoms with van der Waals surface area (Å²) in [4.78, 5) is 0. The molecule has 0 atom stereocenters. The summed E-state index contributed by atoms with van der Waals surface area (Å²) in [6.07, 6.45) is 2.93. The molecule has 0 aliphatic carbocycles. The van der Waals surface area contributed by atoms with Gasteiger partial charge in [0.2, 0.25) is 0 Å². The molecule has 3 heteroatoms. The van der Waals surface area contributed by atoms with Crippen molar-refractivity contribution in [2.75, 3.05) is 5.32 Å². The van der Waals surface area contributed by atoms with Crippen LogP contribution in [-0.2, 0) is 13.0 Å². The second kappa shape index (κ2) is 5.14. The van der Waals surface area contributed by atoms with Crippen LogP contribution in [0.5, 0.6) is 0 Å². The van der Waals surface area contributed by atoms with Gasteiger partial charge in [0.15, 0.2) is 0 Å². The van der Waals surface area contributed by atoms with Gasteiger partial charge >= 0.3 is 0 Å². The van der Waals surface area contributed by atoms with Gasteiger partial charge in [-0.15, -0.1) is 0 Å². The molecule has 3 nitrogen and oxygen atoms in total. The fraction of sp³-hybridized carbons (Fsp3) is 0.188. The van der Waals surface area contributed by atoms with Gasteiger partial charge in [-0.2, -0.15) is 5.10 Å². The lowest BCUT2D eigenvalue weighted by atomic mass is 10.1. The Morgan fingerprint density at radius 3 is 2.74 bits per heavy atom. The molecule has 1 aromatic heterocycles. The van der Waals surface area contributed by atoms with E-state index in [1.165, 1.54) is 11.1 Å². The Kier molecular flexibility index (Phi) is 3.19. The van der Waals surface area contributed by atoms with Gasteiger partial charge in [0.25, 0.3) is 0 Å². The number of anilines is 1. The third-order valence-corrected chi connectivity index (χ3v) is 3.45. The maximum absolute atomic E-state index is 4.09. The first kappa shape index (κ1) is 11.8. The normalized spacial score (nSPS) is 10.8. The lowest BCUT2D eigenvalue weighted by molar-refractivity contribution is 1.05. The van der Waals surface area contributed by atoms with Gasteiger partial charge in [-0.1, -0.05) is 37.3 Å². The Morgan fingerprint density at radius 1 is 1.05 bits per heavy atom. The number of aromatic amines is 1. The molecule has 2 N–H and O–H groups in total. The summed E-state index contributed by atoms with van der Waals surface area (Å²) in [5.41, 5.74) is 4.94. The van der Waals surface area contributed by atoms with Crippen LogP contribution >= 0.6 is 0 Å². The average Bonchev–Trinajstić information content (AvgIpc) is 2.94. The first-order valence-electron chi connectivity index (χ1n) is 6.61. The zero-order valence-electron chi connectivity index (χ0n) is 11.0. The van der Waals surface area contributed by atoms with Gasteiger partial charge in [-0.05, 0) is 29.7 Å². The second-order valence-electron chi connectivity index (χ2n) is 4.61. The Labute approximate surface area is 112 Å². The van der Waals surface area contributed by atoms with Gasteiger partial charge in [0.05, 0.1) is 11.7 Å². The second-order valence-corrected chi connectivity index (χ2v) is 4.61. The third-order valence-electron chi connectivity index (χ3n) is 3.45. The van der Waals surface area contributed by atoms with E-state index in [-0.39, 0.29) is 0 Å². The molecule has 0 spiro atoms. The smallest absolute Gasteiger partial charge is 0.0671 e. The lowest BCUT2D eigenvalue weighted by Crippen LogP contribution is -2.02. The zero-order valence-corrected chi connectivity index (χ0v) is 11.0. The topological polar surface area (TPSA) is 40.7 Å². The maximum Gasteiger partial charge on any atom is 0.0671 e. The minimum absolute atomic E-state index is 0.842. The Morgan fingerprint density at radius 2 is 1.89 bits per heavy atom. The SMILES string of the molecule is CCc1ccccc1CNc1cccc2[nH]ncc12. The highest BCUT2D eigenvalue weighted by Crippen LogP contribution is 2.22. The average molecular weight is 251 g/mol. The molecule has 19 heavy (non-hydrogen) atoms. The first-order chi connectivity index (χ1) is 9.38. The van der Waals surface area contributed by atoms with Crippen LogP contribution in [0.1, 0.15) is 18.1 Å². The molecule has 3 rings (SSSR count). The van der Waals surface area contributed by atoms with Crippen molar-refractivity contribution in [3.63, 3.8) is 0 Å². The van der Waals surface area contributed by atoms with Crippen LogP contribution in [0, 0.1) is 0 Å². The van der Waals surface area contributed by atoms with Crippen molar-refractivity contribution in [3.05, 3.63) is 59.8 Å². The van der Waals surface area contributed by atoms with Crippen LogP contribution in [-0.4, -0.2) is 10.2 Å². The highest BCUT2D eigenvalue weighted by Gasteiger charge is 2.03. The maximum atomic E-state index is 4.09. The van der Waals surface area contributed by atoms with Crippen molar-refractivity contribution in [2.24, 2.45) is 0 Å². The van der Waals surface area contributed by atoms with E-state index in [1.807, 2.05) is 18.3 Å². The molecule has 0 radical (unpaired) electrons. The zero-order chi connectivity index (χ0) is 13.1. The van der Waals surface area contributed by atoms with Gasteiger partial charge in [0, 0.05) is 17.6 Å². The van der Waals surface area contributed by atoms with Crippen LogP contribution < -0.4 is 5.32 Å². The fourth-order valence-corrected chi connectivity index (χ4v) is 2.39. The van der Waals surface area contributed by atoms with E-state index in [0.717, 1.165) is 29.6 Å². The summed E-state index contributed by atoms with van der Waals surface area (Å²) in [6.45, 7) is 3.03. The number of aromatic nitrogens is 2. The summed E-state index contributed by atoms with van der Waals surface area (Å²) in [5, 5.41) is 11.7. The molecule has 1 heterocycles. The van der Waals surface area contributed by atoms with Gasteiger partial charge in [-0.3, -0.25) is 5.10 Å². The third kappa shape index (κ3) is 2.32. The monoisotopic (exact) mass is 251 g/mol. The minimum atomic E-state index is 0.842. The van der Waals surface area contributed by atoms with Crippen LogP contribution in [0.2, 0.25) is 0 Å². The molecule has 0 saturated heterocycles. The van der Waals surface area contributed by atoms with Crippen molar-refractivity contribution < 1.29 is 0 Å². The lowest BCUT2D eigenvalue weighted by Gasteiger charge is -2.11. The van der Waals surface area contributed by atoms with Crippen LogP contribution in [0.15, 0.2) is 48.7 Å². The summed E-state index contributed by atoms with van der Waals surface area (Å²) < 4.78 is 0. The predicted molar refractivity (Wildman–Crippen MR) is 79.2 cm³/mol. The van der Waals surface area contributed by atoms with E-state index in [0.29, 0.717) is 0 Å². The van der Waals surface area contributed by atoms with Crippen LogP contribution in [0.4, 0.5) is 5.69 Å². The van der Waals surface area contributed by atoms with E-state index in [9.17, 15) is 0 Å². The van der Waals surface area contributed by atoms with Gasteiger partial charge in [0.1, 0.15) is 0 Å². The standard InChI is InChI=1S/C16H17N3/c1-2-12-6-3-4-7-13(12)10-17-15-8-5-9-16-14(15)11-18-19-16/h3-9,11,17H,2,10H2,1H3,(H,18,19). The molecule has 0 aliphatic heterocycles. The van der Waals surface area contributed by atoms with Crippen molar-refractivity contribution in [1.29, 1.82) is 0 Å². The summed E-state index contributed by atoms with van der Waals surface area (Å²) in [6, 6.07) is 14.7. The number of aryl methyl sites for hydroxylation is 1. The van der Waals surface area contributed by atoms with E-state index in [4.69, 9.17) is 0 Å². The molecule has 96 valence electrons. The summed E-state index contributed by atoms with van der Waals surface area (Å²) in [5.74, 6) is 0. The number of hydrogen-bond donors (Lipinski definition) is 2. The number of H-pyrrole nitrogens is 1. The molecule has 0 aliphatic rings. The van der Waals surface area contributed by atoms with Gasteiger partial charge in [-0.25, -0.2) is 0 Å². The number of fused-ring (bicyclic) bond motifs is 1. The predicted octanol–water partition coefficient (Wildman–Crippen LogP) is 3.74. The molecule has 0 unspecified atom stereocenters. The van der Waals surface area contributed by atoms with E-state index in [2.05, 4.69) is 52.8 Å². The first-order valence-corrected chi connectivity index (χ1v) is 6.61.